The lowest BCUT2D eigenvalue weighted by Crippen LogP contribution is -2.36. The molecule has 1 saturated heterocycles. The Bertz CT molecular complexity index is 807. The topological polar surface area (TPSA) is 70.2 Å². The van der Waals surface area contributed by atoms with E-state index in [4.69, 9.17) is 0 Å². The first-order valence-corrected chi connectivity index (χ1v) is 10.2. The molecule has 1 aromatic carbocycles. The monoisotopic (exact) mass is 381 g/mol. The van der Waals surface area contributed by atoms with Crippen LogP contribution in [0.1, 0.15) is 43.7 Å². The lowest BCUT2D eigenvalue weighted by atomic mass is 9.93. The van der Waals surface area contributed by atoms with E-state index in [1.807, 2.05) is 25.1 Å². The van der Waals surface area contributed by atoms with E-state index in [2.05, 4.69) is 45.4 Å². The fraction of sp³-hybridized carbons (Fsp3) is 0.500. The molecule has 0 saturated carbocycles. The van der Waals surface area contributed by atoms with Crippen LogP contribution in [0.5, 0.6) is 0 Å². The molecule has 0 bridgehead atoms. The number of carbonyl (C=O) groups excluding carboxylic acids is 1. The SMILES string of the molecule is CCNc1cc(N2CCCC(CCC(=O)Nc3ccc(C)cc3C)C2)ncn1. The van der Waals surface area contributed by atoms with Gasteiger partial charge >= 0.3 is 0 Å². The van der Waals surface area contributed by atoms with E-state index in [-0.39, 0.29) is 5.91 Å². The Morgan fingerprint density at radius 3 is 2.89 bits per heavy atom. The second kappa shape index (κ2) is 9.53. The molecule has 0 radical (unpaired) electrons. The van der Waals surface area contributed by atoms with Gasteiger partial charge in [-0.25, -0.2) is 9.97 Å². The van der Waals surface area contributed by atoms with Gasteiger partial charge in [-0.15, -0.1) is 0 Å². The first kappa shape index (κ1) is 20.1. The standard InChI is InChI=1S/C22H31N5O/c1-4-23-20-13-21(25-15-24-20)27-11-5-6-18(14-27)8-10-22(28)26-19-9-7-16(2)12-17(19)3/h7,9,12-13,15,18H,4-6,8,10-11,14H2,1-3H3,(H,26,28)(H,23,24,25). The summed E-state index contributed by atoms with van der Waals surface area (Å²) < 4.78 is 0. The first-order chi connectivity index (χ1) is 13.5. The van der Waals surface area contributed by atoms with Crippen LogP contribution in [0.3, 0.4) is 0 Å². The normalized spacial score (nSPS) is 16.7. The molecule has 2 aromatic rings. The number of carbonyl (C=O) groups is 1. The average molecular weight is 382 g/mol. The molecule has 1 atom stereocenters. The van der Waals surface area contributed by atoms with Gasteiger partial charge in [0.05, 0.1) is 0 Å². The summed E-state index contributed by atoms with van der Waals surface area (Å²) in [7, 11) is 0. The molecule has 2 heterocycles. The van der Waals surface area contributed by atoms with Crippen LogP contribution in [-0.2, 0) is 4.79 Å². The predicted octanol–water partition coefficient (Wildman–Crippen LogP) is 4.16. The Kier molecular flexibility index (Phi) is 6.85. The second-order valence-corrected chi connectivity index (χ2v) is 7.65. The summed E-state index contributed by atoms with van der Waals surface area (Å²) in [6.45, 7) is 8.95. The number of amides is 1. The van der Waals surface area contributed by atoms with Crippen molar-refractivity contribution in [1.29, 1.82) is 0 Å². The van der Waals surface area contributed by atoms with Gasteiger partial charge in [-0.3, -0.25) is 4.79 Å². The zero-order valence-corrected chi connectivity index (χ0v) is 17.2. The number of aryl methyl sites for hydroxylation is 2. The lowest BCUT2D eigenvalue weighted by Gasteiger charge is -2.33. The zero-order chi connectivity index (χ0) is 19.9. The second-order valence-electron chi connectivity index (χ2n) is 7.65. The highest BCUT2D eigenvalue weighted by molar-refractivity contribution is 5.91. The molecule has 150 valence electrons. The highest BCUT2D eigenvalue weighted by Crippen LogP contribution is 2.26. The van der Waals surface area contributed by atoms with Gasteiger partial charge in [-0.1, -0.05) is 17.7 Å². The number of benzene rings is 1. The van der Waals surface area contributed by atoms with Crippen molar-refractivity contribution >= 4 is 23.2 Å². The maximum atomic E-state index is 12.4. The van der Waals surface area contributed by atoms with Crippen molar-refractivity contribution in [2.75, 3.05) is 35.2 Å². The Hall–Kier alpha value is -2.63. The van der Waals surface area contributed by atoms with E-state index in [0.717, 1.165) is 55.4 Å². The van der Waals surface area contributed by atoms with Gasteiger partial charge in [0, 0.05) is 37.8 Å². The Morgan fingerprint density at radius 1 is 1.25 bits per heavy atom. The third-order valence-electron chi connectivity index (χ3n) is 5.29. The summed E-state index contributed by atoms with van der Waals surface area (Å²) in [5.41, 5.74) is 3.23. The molecule has 1 amide bonds. The summed E-state index contributed by atoms with van der Waals surface area (Å²) in [6, 6.07) is 8.13. The number of aromatic nitrogens is 2. The first-order valence-electron chi connectivity index (χ1n) is 10.2. The van der Waals surface area contributed by atoms with Gasteiger partial charge in [0.15, 0.2) is 0 Å². The molecule has 1 unspecified atom stereocenters. The summed E-state index contributed by atoms with van der Waals surface area (Å²) in [5, 5.41) is 6.30. The summed E-state index contributed by atoms with van der Waals surface area (Å²) >= 11 is 0. The van der Waals surface area contributed by atoms with Crippen molar-refractivity contribution in [2.45, 2.75) is 46.5 Å². The van der Waals surface area contributed by atoms with Crippen LogP contribution < -0.4 is 15.5 Å². The van der Waals surface area contributed by atoms with Crippen LogP contribution >= 0.6 is 0 Å². The highest BCUT2D eigenvalue weighted by Gasteiger charge is 2.22. The number of rotatable bonds is 7. The van der Waals surface area contributed by atoms with Crippen LogP contribution in [-0.4, -0.2) is 35.5 Å². The van der Waals surface area contributed by atoms with E-state index in [1.165, 1.54) is 12.0 Å². The predicted molar refractivity (Wildman–Crippen MR) is 115 cm³/mol. The minimum Gasteiger partial charge on any atom is -0.370 e. The van der Waals surface area contributed by atoms with Crippen molar-refractivity contribution < 1.29 is 4.79 Å². The van der Waals surface area contributed by atoms with E-state index in [1.54, 1.807) is 6.33 Å². The molecule has 1 fully saturated rings. The number of nitrogens with zero attached hydrogens (tertiary/aromatic N) is 3. The minimum atomic E-state index is 0.0977. The zero-order valence-electron chi connectivity index (χ0n) is 17.2. The molecule has 0 aliphatic carbocycles. The number of hydrogen-bond donors (Lipinski definition) is 2. The molecule has 28 heavy (non-hydrogen) atoms. The molecule has 3 rings (SSSR count). The Morgan fingerprint density at radius 2 is 2.11 bits per heavy atom. The van der Waals surface area contributed by atoms with Crippen molar-refractivity contribution in [3.8, 4) is 0 Å². The van der Waals surface area contributed by atoms with Gasteiger partial charge in [-0.2, -0.15) is 0 Å². The highest BCUT2D eigenvalue weighted by atomic mass is 16.1. The van der Waals surface area contributed by atoms with Crippen molar-refractivity contribution in [3.63, 3.8) is 0 Å². The number of anilines is 3. The lowest BCUT2D eigenvalue weighted by molar-refractivity contribution is -0.116. The van der Waals surface area contributed by atoms with Crippen molar-refractivity contribution in [3.05, 3.63) is 41.7 Å². The van der Waals surface area contributed by atoms with E-state index in [0.29, 0.717) is 12.3 Å². The van der Waals surface area contributed by atoms with E-state index >= 15 is 0 Å². The Labute approximate surface area is 167 Å². The van der Waals surface area contributed by atoms with Crippen LogP contribution in [0.4, 0.5) is 17.3 Å². The molecule has 1 aromatic heterocycles. The largest absolute Gasteiger partial charge is 0.370 e. The molecule has 6 heteroatoms. The van der Waals surface area contributed by atoms with Gasteiger partial charge in [-0.05, 0) is 57.6 Å². The molecular weight excluding hydrogens is 350 g/mol. The van der Waals surface area contributed by atoms with Gasteiger partial charge < -0.3 is 15.5 Å². The van der Waals surface area contributed by atoms with Crippen LogP contribution in [0.2, 0.25) is 0 Å². The molecule has 6 nitrogen and oxygen atoms in total. The number of piperidine rings is 1. The van der Waals surface area contributed by atoms with Crippen LogP contribution in [0.15, 0.2) is 30.6 Å². The third-order valence-corrected chi connectivity index (χ3v) is 5.29. The maximum absolute atomic E-state index is 12.4. The fourth-order valence-electron chi connectivity index (χ4n) is 3.81. The van der Waals surface area contributed by atoms with Gasteiger partial charge in [0.1, 0.15) is 18.0 Å². The van der Waals surface area contributed by atoms with E-state index < -0.39 is 0 Å². The number of hydrogen-bond acceptors (Lipinski definition) is 5. The minimum absolute atomic E-state index is 0.0977. The average Bonchev–Trinajstić information content (AvgIpc) is 2.69. The maximum Gasteiger partial charge on any atom is 0.224 e. The summed E-state index contributed by atoms with van der Waals surface area (Å²) in [5.74, 6) is 2.44. The Balaban J connectivity index is 1.52. The van der Waals surface area contributed by atoms with Gasteiger partial charge in [0.25, 0.3) is 0 Å². The van der Waals surface area contributed by atoms with E-state index in [9.17, 15) is 4.79 Å². The van der Waals surface area contributed by atoms with Crippen molar-refractivity contribution in [2.24, 2.45) is 5.92 Å². The van der Waals surface area contributed by atoms with Gasteiger partial charge in [0.2, 0.25) is 5.91 Å². The third kappa shape index (κ3) is 5.44. The summed E-state index contributed by atoms with van der Waals surface area (Å²) in [6.07, 6.45) is 5.37. The molecule has 2 N–H and O–H groups in total. The molecule has 0 spiro atoms. The molecular formula is C22H31N5O. The molecule has 1 aliphatic rings. The van der Waals surface area contributed by atoms with Crippen molar-refractivity contribution in [1.82, 2.24) is 9.97 Å². The quantitative estimate of drug-likeness (QED) is 0.754. The van der Waals surface area contributed by atoms with Crippen LogP contribution in [0, 0.1) is 19.8 Å². The molecule has 1 aliphatic heterocycles. The smallest absolute Gasteiger partial charge is 0.224 e. The number of nitrogens with one attached hydrogen (secondary N) is 2. The van der Waals surface area contributed by atoms with Crippen LogP contribution in [0.25, 0.3) is 0 Å². The summed E-state index contributed by atoms with van der Waals surface area (Å²) in [4.78, 5) is 23.4. The fourth-order valence-corrected chi connectivity index (χ4v) is 3.81.